The van der Waals surface area contributed by atoms with E-state index >= 15 is 0 Å². The molecule has 1 rings (SSSR count). The molecule has 1 amide bonds. The van der Waals surface area contributed by atoms with Crippen LogP contribution >= 0.6 is 0 Å². The van der Waals surface area contributed by atoms with Crippen LogP contribution < -0.4 is 10.5 Å². The average molecular weight is 300 g/mol. The summed E-state index contributed by atoms with van der Waals surface area (Å²) >= 11 is 0. The summed E-state index contributed by atoms with van der Waals surface area (Å²) in [5, 5.41) is 0. The van der Waals surface area contributed by atoms with Gasteiger partial charge in [0.2, 0.25) is 5.91 Å². The van der Waals surface area contributed by atoms with Gasteiger partial charge in [0.25, 0.3) is 0 Å². The van der Waals surface area contributed by atoms with Gasteiger partial charge in [0, 0.05) is 12.8 Å². The number of nitrogens with two attached hydrogens (primary N) is 1. The van der Waals surface area contributed by atoms with Crippen LogP contribution in [-0.2, 0) is 14.6 Å². The molecule has 1 aromatic rings. The van der Waals surface area contributed by atoms with Crippen LogP contribution in [0.2, 0.25) is 0 Å². The molecule has 0 atom stereocenters. The third-order valence-corrected chi connectivity index (χ3v) is 3.76. The fourth-order valence-corrected chi connectivity index (χ4v) is 2.28. The predicted molar refractivity (Wildman–Crippen MR) is 76.4 cm³/mol. The van der Waals surface area contributed by atoms with Gasteiger partial charge in [-0.05, 0) is 37.7 Å². The molecule has 0 saturated heterocycles. The van der Waals surface area contributed by atoms with Gasteiger partial charge >= 0.3 is 0 Å². The zero-order valence-electron chi connectivity index (χ0n) is 11.7. The molecule has 0 spiro atoms. The smallest absolute Gasteiger partial charge is 0.231 e. The molecule has 0 unspecified atom stereocenters. The zero-order chi connectivity index (χ0) is 15.2. The average Bonchev–Trinajstić information content (AvgIpc) is 2.33. The van der Waals surface area contributed by atoms with E-state index in [2.05, 4.69) is 0 Å². The van der Waals surface area contributed by atoms with E-state index in [4.69, 9.17) is 10.5 Å². The number of nitrogens with zero attached hydrogens (tertiary/aromatic N) is 1. The van der Waals surface area contributed by atoms with Crippen LogP contribution in [-0.4, -0.2) is 52.2 Å². The number of benzene rings is 1. The highest BCUT2D eigenvalue weighted by Crippen LogP contribution is 2.15. The lowest BCUT2D eigenvalue weighted by molar-refractivity contribution is -0.118. The van der Waals surface area contributed by atoms with Crippen molar-refractivity contribution >= 4 is 15.7 Å². The Hall–Kier alpha value is -1.60. The minimum Gasteiger partial charge on any atom is -0.494 e. The van der Waals surface area contributed by atoms with Gasteiger partial charge in [-0.15, -0.1) is 0 Å². The second-order valence-corrected chi connectivity index (χ2v) is 6.67. The van der Waals surface area contributed by atoms with Crippen molar-refractivity contribution in [1.82, 2.24) is 4.90 Å². The van der Waals surface area contributed by atoms with E-state index in [1.54, 1.807) is 12.1 Å². The van der Waals surface area contributed by atoms with E-state index in [0.29, 0.717) is 18.9 Å². The molecule has 2 N–H and O–H groups in total. The summed E-state index contributed by atoms with van der Waals surface area (Å²) in [4.78, 5) is 12.8. The Morgan fingerprint density at radius 3 is 2.40 bits per heavy atom. The van der Waals surface area contributed by atoms with Crippen LogP contribution in [0.5, 0.6) is 5.75 Å². The van der Waals surface area contributed by atoms with Crippen molar-refractivity contribution in [2.45, 2.75) is 11.3 Å². The maximum Gasteiger partial charge on any atom is 0.231 e. The number of ether oxygens (including phenoxy) is 1. The Kier molecular flexibility index (Phi) is 5.97. The molecule has 1 aromatic carbocycles. The highest BCUT2D eigenvalue weighted by molar-refractivity contribution is 7.90. The second kappa shape index (κ2) is 7.25. The van der Waals surface area contributed by atoms with Crippen molar-refractivity contribution in [2.24, 2.45) is 5.73 Å². The Morgan fingerprint density at radius 1 is 1.30 bits per heavy atom. The number of carbonyl (C=O) groups is 1. The molecule has 0 radical (unpaired) electrons. The number of carbonyl (C=O) groups excluding carboxylic acids is 1. The minimum atomic E-state index is -3.17. The van der Waals surface area contributed by atoms with Crippen molar-refractivity contribution in [3.63, 3.8) is 0 Å². The largest absolute Gasteiger partial charge is 0.494 e. The Labute approximate surface area is 119 Å². The molecule has 0 fully saturated rings. The first-order valence-corrected chi connectivity index (χ1v) is 8.08. The van der Waals surface area contributed by atoms with Crippen molar-refractivity contribution < 1.29 is 17.9 Å². The molecule has 20 heavy (non-hydrogen) atoms. The molecule has 112 valence electrons. The lowest BCUT2D eigenvalue weighted by Crippen LogP contribution is -2.31. The summed E-state index contributed by atoms with van der Waals surface area (Å²) < 4.78 is 28.1. The number of primary amides is 1. The van der Waals surface area contributed by atoms with Crippen LogP contribution in [0.4, 0.5) is 0 Å². The van der Waals surface area contributed by atoms with Gasteiger partial charge in [-0.2, -0.15) is 0 Å². The lowest BCUT2D eigenvalue weighted by Gasteiger charge is -2.14. The monoisotopic (exact) mass is 300 g/mol. The van der Waals surface area contributed by atoms with E-state index in [-0.39, 0.29) is 17.3 Å². The van der Waals surface area contributed by atoms with Gasteiger partial charge < -0.3 is 10.5 Å². The number of sulfone groups is 1. The third kappa shape index (κ3) is 6.03. The fourth-order valence-electron chi connectivity index (χ4n) is 1.65. The number of hydrogen-bond acceptors (Lipinski definition) is 5. The normalized spacial score (nSPS) is 11.6. The van der Waals surface area contributed by atoms with E-state index in [0.717, 1.165) is 12.7 Å². The topological polar surface area (TPSA) is 89.7 Å². The summed E-state index contributed by atoms with van der Waals surface area (Å²) in [7, 11) is -1.36. The number of rotatable bonds is 8. The second-order valence-electron chi connectivity index (χ2n) is 4.65. The van der Waals surface area contributed by atoms with Crippen LogP contribution in [0.15, 0.2) is 29.2 Å². The van der Waals surface area contributed by atoms with Gasteiger partial charge in [0.1, 0.15) is 5.75 Å². The number of hydrogen-bond donors (Lipinski definition) is 1. The van der Waals surface area contributed by atoms with Crippen molar-refractivity contribution in [3.8, 4) is 5.75 Å². The maximum atomic E-state index is 11.3. The summed E-state index contributed by atoms with van der Waals surface area (Å²) in [6, 6.07) is 6.29. The van der Waals surface area contributed by atoms with Gasteiger partial charge in [-0.1, -0.05) is 0 Å². The Bertz CT molecular complexity index is 540. The highest BCUT2D eigenvalue weighted by atomic mass is 32.2. The van der Waals surface area contributed by atoms with Crippen molar-refractivity contribution in [1.29, 1.82) is 0 Å². The summed E-state index contributed by atoms with van der Waals surface area (Å²) in [6.07, 6.45) is 1.91. The molecule has 0 aliphatic rings. The molecule has 0 saturated carbocycles. The molecular formula is C13H20N2O4S. The quantitative estimate of drug-likeness (QED) is 0.696. The van der Waals surface area contributed by atoms with E-state index in [1.807, 2.05) is 11.9 Å². The summed E-state index contributed by atoms with van der Waals surface area (Å²) in [5.74, 6) is 0.264. The van der Waals surface area contributed by atoms with Crippen molar-refractivity contribution in [3.05, 3.63) is 24.3 Å². The minimum absolute atomic E-state index is 0.225. The standard InChI is InChI=1S/C13H20N2O4S/c1-15(10-13(14)16)8-3-9-19-11-4-6-12(7-5-11)20(2,17)18/h4-7H,3,8-10H2,1-2H3,(H2,14,16). The lowest BCUT2D eigenvalue weighted by atomic mass is 10.3. The third-order valence-electron chi connectivity index (χ3n) is 2.63. The molecule has 0 heterocycles. The van der Waals surface area contributed by atoms with Crippen molar-refractivity contribution in [2.75, 3.05) is 33.0 Å². The Balaban J connectivity index is 2.34. The highest BCUT2D eigenvalue weighted by Gasteiger charge is 2.06. The molecule has 0 bridgehead atoms. The van der Waals surface area contributed by atoms with E-state index < -0.39 is 9.84 Å². The van der Waals surface area contributed by atoms with Gasteiger partial charge in [-0.3, -0.25) is 9.69 Å². The number of amides is 1. The predicted octanol–water partition coefficient (Wildman–Crippen LogP) is 0.276. The molecule has 7 heteroatoms. The first kappa shape index (κ1) is 16.5. The summed E-state index contributed by atoms with van der Waals surface area (Å²) in [6.45, 7) is 1.41. The first-order valence-electron chi connectivity index (χ1n) is 6.19. The first-order chi connectivity index (χ1) is 9.29. The van der Waals surface area contributed by atoms with Crippen LogP contribution in [0.25, 0.3) is 0 Å². The van der Waals surface area contributed by atoms with Crippen LogP contribution in [0.1, 0.15) is 6.42 Å². The summed E-state index contributed by atoms with van der Waals surface area (Å²) in [5.41, 5.74) is 5.08. The maximum absolute atomic E-state index is 11.3. The van der Waals surface area contributed by atoms with Gasteiger partial charge in [0.15, 0.2) is 9.84 Å². The van der Waals surface area contributed by atoms with Gasteiger partial charge in [-0.25, -0.2) is 8.42 Å². The van der Waals surface area contributed by atoms with Gasteiger partial charge in [0.05, 0.1) is 18.0 Å². The zero-order valence-corrected chi connectivity index (χ0v) is 12.5. The fraction of sp³-hybridized carbons (Fsp3) is 0.462. The van der Waals surface area contributed by atoms with Crippen LogP contribution in [0.3, 0.4) is 0 Å². The molecular weight excluding hydrogens is 280 g/mol. The number of likely N-dealkylation sites (N-methyl/N-ethyl adjacent to an activating group) is 1. The van der Waals surface area contributed by atoms with E-state index in [9.17, 15) is 13.2 Å². The molecule has 6 nitrogen and oxygen atoms in total. The SMILES string of the molecule is CN(CCCOc1ccc(S(C)(=O)=O)cc1)CC(N)=O. The molecule has 0 aromatic heterocycles. The van der Waals surface area contributed by atoms with Crippen LogP contribution in [0, 0.1) is 0 Å². The Morgan fingerprint density at radius 2 is 1.90 bits per heavy atom. The van der Waals surface area contributed by atoms with E-state index in [1.165, 1.54) is 12.1 Å². The molecule has 0 aliphatic carbocycles. The molecule has 0 aliphatic heterocycles.